The molecule has 2 heterocycles. The van der Waals surface area contributed by atoms with Crippen molar-refractivity contribution in [3.63, 3.8) is 0 Å². The lowest BCUT2D eigenvalue weighted by atomic mass is 9.98. The van der Waals surface area contributed by atoms with Gasteiger partial charge in [-0.1, -0.05) is 36.4 Å². The van der Waals surface area contributed by atoms with Gasteiger partial charge in [-0.05, 0) is 57.8 Å². The third kappa shape index (κ3) is 4.95. The summed E-state index contributed by atoms with van der Waals surface area (Å²) in [6.45, 7) is 0. The van der Waals surface area contributed by atoms with Crippen LogP contribution in [0.25, 0.3) is 16.3 Å². The zero-order valence-electron chi connectivity index (χ0n) is 16.6. The van der Waals surface area contributed by atoms with Gasteiger partial charge in [-0.3, -0.25) is 9.78 Å². The van der Waals surface area contributed by atoms with E-state index in [0.29, 0.717) is 11.3 Å². The number of fused-ring (bicyclic) bond motifs is 1. The van der Waals surface area contributed by atoms with Crippen molar-refractivity contribution >= 4 is 39.3 Å². The number of alkyl halides is 3. The molecule has 3 nitrogen and oxygen atoms in total. The van der Waals surface area contributed by atoms with Gasteiger partial charge in [-0.2, -0.15) is 24.5 Å². The molecule has 1 N–H and O–H groups in total. The molecule has 0 atom stereocenters. The fourth-order valence-corrected chi connectivity index (χ4v) is 3.91. The first kappa shape index (κ1) is 21.5. The summed E-state index contributed by atoms with van der Waals surface area (Å²) in [6, 6.07) is 14.2. The summed E-state index contributed by atoms with van der Waals surface area (Å²) in [5.74, 6) is -0.317. The van der Waals surface area contributed by atoms with Crippen LogP contribution in [0.5, 0.6) is 0 Å². The van der Waals surface area contributed by atoms with Gasteiger partial charge in [0.1, 0.15) is 0 Å². The smallest absolute Gasteiger partial charge is 0.322 e. The van der Waals surface area contributed by atoms with Crippen molar-refractivity contribution in [1.29, 1.82) is 0 Å². The van der Waals surface area contributed by atoms with Crippen LogP contribution in [-0.2, 0) is 11.0 Å². The molecule has 0 spiro atoms. The molecular weight excluding hydrogens is 433 g/mol. The van der Waals surface area contributed by atoms with E-state index in [1.807, 2.05) is 41.1 Å². The lowest BCUT2D eigenvalue weighted by Gasteiger charge is -2.09. The number of rotatable bonds is 5. The monoisotopic (exact) mass is 450 g/mol. The second-order valence-corrected chi connectivity index (χ2v) is 7.70. The standard InChI is InChI=1S/C25H17F3N2OS/c26-25(27,28)20-9-7-17(8-10-20)21(19-12-14-32-16-19)4-2-6-24(31)30-23-5-1-3-18-15-29-13-11-22(18)23/h1-16H,(H,30,31)/b6-2+,21-4-. The van der Waals surface area contributed by atoms with E-state index < -0.39 is 11.7 Å². The van der Waals surface area contributed by atoms with Crippen LogP contribution in [0.15, 0.2) is 96.0 Å². The van der Waals surface area contributed by atoms with Gasteiger partial charge in [0.2, 0.25) is 5.91 Å². The first-order valence-corrected chi connectivity index (χ1v) is 10.6. The average molecular weight is 450 g/mol. The van der Waals surface area contributed by atoms with E-state index in [4.69, 9.17) is 0 Å². The zero-order chi connectivity index (χ0) is 22.6. The first-order valence-electron chi connectivity index (χ1n) is 9.64. The van der Waals surface area contributed by atoms with E-state index in [0.717, 1.165) is 34.0 Å². The predicted octanol–water partition coefficient (Wildman–Crippen LogP) is 6.94. The number of thiophene rings is 1. The number of allylic oxidation sites excluding steroid dienone is 2. The number of carbonyl (C=O) groups excluding carboxylic acids is 1. The number of benzene rings is 2. The summed E-state index contributed by atoms with van der Waals surface area (Å²) in [6.07, 6.45) is 3.69. The molecule has 0 unspecified atom stereocenters. The van der Waals surface area contributed by atoms with Crippen LogP contribution in [0.1, 0.15) is 16.7 Å². The largest absolute Gasteiger partial charge is 0.416 e. The SMILES string of the molecule is O=C(/C=C/C=C(/c1ccc(C(F)(F)F)cc1)c1ccsc1)Nc1cccc2cnccc12. The molecule has 4 rings (SSSR count). The maximum absolute atomic E-state index is 12.9. The summed E-state index contributed by atoms with van der Waals surface area (Å²) >= 11 is 1.48. The normalized spacial score (nSPS) is 12.4. The molecule has 7 heteroatoms. The van der Waals surface area contributed by atoms with Crippen LogP contribution >= 0.6 is 11.3 Å². The molecule has 0 aliphatic carbocycles. The highest BCUT2D eigenvalue weighted by atomic mass is 32.1. The minimum atomic E-state index is -4.39. The molecule has 0 saturated heterocycles. The number of nitrogens with zero attached hydrogens (tertiary/aromatic N) is 1. The fourth-order valence-electron chi connectivity index (χ4n) is 3.25. The lowest BCUT2D eigenvalue weighted by molar-refractivity contribution is -0.137. The Balaban J connectivity index is 1.57. The van der Waals surface area contributed by atoms with Gasteiger partial charge in [0.15, 0.2) is 0 Å². The Labute approximate surface area is 186 Å². The van der Waals surface area contributed by atoms with Crippen LogP contribution in [0.2, 0.25) is 0 Å². The number of aromatic nitrogens is 1. The quantitative estimate of drug-likeness (QED) is 0.264. The Hall–Kier alpha value is -3.71. The highest BCUT2D eigenvalue weighted by Crippen LogP contribution is 2.32. The molecule has 0 radical (unpaired) electrons. The topological polar surface area (TPSA) is 42.0 Å². The highest BCUT2D eigenvalue weighted by Gasteiger charge is 2.30. The van der Waals surface area contributed by atoms with Crippen molar-refractivity contribution in [2.75, 3.05) is 5.32 Å². The van der Waals surface area contributed by atoms with E-state index in [1.54, 1.807) is 24.5 Å². The minimum Gasteiger partial charge on any atom is -0.322 e. The van der Waals surface area contributed by atoms with Crippen LogP contribution in [0.3, 0.4) is 0 Å². The third-order valence-corrected chi connectivity index (χ3v) is 5.49. The maximum Gasteiger partial charge on any atom is 0.416 e. The number of hydrogen-bond acceptors (Lipinski definition) is 3. The second-order valence-electron chi connectivity index (χ2n) is 6.92. The van der Waals surface area contributed by atoms with E-state index in [-0.39, 0.29) is 5.91 Å². The van der Waals surface area contributed by atoms with Crippen LogP contribution in [0, 0.1) is 0 Å². The molecule has 2 aromatic heterocycles. The molecule has 0 bridgehead atoms. The molecule has 0 aliphatic heterocycles. The number of anilines is 1. The van der Waals surface area contributed by atoms with Crippen molar-refractivity contribution in [3.05, 3.63) is 113 Å². The number of hydrogen-bond donors (Lipinski definition) is 1. The molecular formula is C25H17F3N2OS. The minimum absolute atomic E-state index is 0.317. The summed E-state index contributed by atoms with van der Waals surface area (Å²) in [5.41, 5.74) is 2.18. The Kier molecular flexibility index (Phi) is 6.18. The lowest BCUT2D eigenvalue weighted by Crippen LogP contribution is -2.08. The summed E-state index contributed by atoms with van der Waals surface area (Å²) in [7, 11) is 0. The Morgan fingerprint density at radius 2 is 1.81 bits per heavy atom. The summed E-state index contributed by atoms with van der Waals surface area (Å²) in [4.78, 5) is 16.5. The van der Waals surface area contributed by atoms with Crippen molar-refractivity contribution in [2.45, 2.75) is 6.18 Å². The zero-order valence-corrected chi connectivity index (χ0v) is 17.5. The third-order valence-electron chi connectivity index (χ3n) is 4.80. The number of nitrogens with one attached hydrogen (secondary N) is 1. The fraction of sp³-hybridized carbons (Fsp3) is 0.0400. The van der Waals surface area contributed by atoms with Gasteiger partial charge in [-0.25, -0.2) is 0 Å². The number of halogens is 3. The van der Waals surface area contributed by atoms with Crippen LogP contribution < -0.4 is 5.32 Å². The van der Waals surface area contributed by atoms with Gasteiger partial charge in [0, 0.05) is 34.9 Å². The summed E-state index contributed by atoms with van der Waals surface area (Å²) < 4.78 is 38.7. The Bertz CT molecular complexity index is 1290. The Morgan fingerprint density at radius 3 is 2.53 bits per heavy atom. The van der Waals surface area contributed by atoms with Gasteiger partial charge in [0.05, 0.1) is 5.56 Å². The van der Waals surface area contributed by atoms with Crippen molar-refractivity contribution in [2.24, 2.45) is 0 Å². The van der Waals surface area contributed by atoms with Crippen LogP contribution in [-0.4, -0.2) is 10.9 Å². The van der Waals surface area contributed by atoms with Crippen molar-refractivity contribution in [1.82, 2.24) is 4.98 Å². The first-order chi connectivity index (χ1) is 15.4. The maximum atomic E-state index is 12.9. The van der Waals surface area contributed by atoms with E-state index in [2.05, 4.69) is 10.3 Å². The van der Waals surface area contributed by atoms with E-state index in [1.165, 1.54) is 29.5 Å². The molecule has 0 saturated carbocycles. The molecule has 0 aliphatic rings. The molecule has 2 aromatic carbocycles. The average Bonchev–Trinajstić information content (AvgIpc) is 3.31. The molecule has 0 fully saturated rings. The Morgan fingerprint density at radius 1 is 1.00 bits per heavy atom. The van der Waals surface area contributed by atoms with Crippen molar-refractivity contribution in [3.8, 4) is 0 Å². The van der Waals surface area contributed by atoms with Gasteiger partial charge in [-0.15, -0.1) is 0 Å². The van der Waals surface area contributed by atoms with Gasteiger partial charge in [0.25, 0.3) is 0 Å². The summed E-state index contributed by atoms with van der Waals surface area (Å²) in [5, 5.41) is 8.44. The number of carbonyl (C=O) groups is 1. The molecule has 4 aromatic rings. The highest BCUT2D eigenvalue weighted by molar-refractivity contribution is 7.08. The number of amides is 1. The predicted molar refractivity (Wildman–Crippen MR) is 122 cm³/mol. The van der Waals surface area contributed by atoms with E-state index >= 15 is 0 Å². The van der Waals surface area contributed by atoms with E-state index in [9.17, 15) is 18.0 Å². The van der Waals surface area contributed by atoms with Gasteiger partial charge < -0.3 is 5.32 Å². The number of pyridine rings is 1. The molecule has 160 valence electrons. The molecule has 32 heavy (non-hydrogen) atoms. The van der Waals surface area contributed by atoms with Crippen molar-refractivity contribution < 1.29 is 18.0 Å². The molecule has 1 amide bonds. The van der Waals surface area contributed by atoms with Crippen LogP contribution in [0.4, 0.5) is 18.9 Å². The van der Waals surface area contributed by atoms with Gasteiger partial charge >= 0.3 is 6.18 Å². The second kappa shape index (κ2) is 9.20.